The maximum Gasteiger partial charge on any atom is 0.119 e. The molecule has 1 aromatic carbocycles. The number of ether oxygens (including phenoxy) is 1. The van der Waals surface area contributed by atoms with Crippen molar-refractivity contribution in [2.45, 2.75) is 45.6 Å². The van der Waals surface area contributed by atoms with Gasteiger partial charge in [0.05, 0.1) is 6.61 Å². The molecule has 19 heavy (non-hydrogen) atoms. The number of hydrogen-bond donors (Lipinski definition) is 1. The summed E-state index contributed by atoms with van der Waals surface area (Å²) in [6, 6.07) is 10.3. The highest BCUT2D eigenvalue weighted by Crippen LogP contribution is 2.34. The van der Waals surface area contributed by atoms with Crippen molar-refractivity contribution in [1.82, 2.24) is 0 Å². The smallest absolute Gasteiger partial charge is 0.119 e. The van der Waals surface area contributed by atoms with Crippen LogP contribution in [-0.2, 0) is 0 Å². The van der Waals surface area contributed by atoms with Crippen molar-refractivity contribution in [1.29, 1.82) is 0 Å². The van der Waals surface area contributed by atoms with Crippen molar-refractivity contribution >= 4 is 0 Å². The summed E-state index contributed by atoms with van der Waals surface area (Å²) in [7, 11) is 0. The molecule has 2 N–H and O–H groups in total. The Labute approximate surface area is 117 Å². The van der Waals surface area contributed by atoms with E-state index in [9.17, 15) is 0 Å². The Morgan fingerprint density at radius 1 is 1.11 bits per heavy atom. The Morgan fingerprint density at radius 2 is 1.74 bits per heavy atom. The predicted molar refractivity (Wildman–Crippen MR) is 80.2 cm³/mol. The van der Waals surface area contributed by atoms with Crippen molar-refractivity contribution in [3.05, 3.63) is 30.3 Å². The molecular formula is C17H27NO. The van der Waals surface area contributed by atoms with Crippen LogP contribution in [0.15, 0.2) is 30.3 Å². The van der Waals surface area contributed by atoms with Gasteiger partial charge in [-0.15, -0.1) is 0 Å². The van der Waals surface area contributed by atoms with Gasteiger partial charge in [0.1, 0.15) is 5.75 Å². The number of benzene rings is 1. The minimum atomic E-state index is 0.286. The van der Waals surface area contributed by atoms with E-state index in [0.29, 0.717) is 5.92 Å². The van der Waals surface area contributed by atoms with E-state index in [1.165, 1.54) is 19.3 Å². The second-order valence-electron chi connectivity index (χ2n) is 6.29. The molecule has 1 aliphatic carbocycles. The number of nitrogens with two attached hydrogens (primary N) is 1. The molecule has 0 spiro atoms. The summed E-state index contributed by atoms with van der Waals surface area (Å²) < 4.78 is 5.74. The molecule has 2 heteroatoms. The van der Waals surface area contributed by atoms with Crippen LogP contribution in [0.3, 0.4) is 0 Å². The van der Waals surface area contributed by atoms with Gasteiger partial charge in [-0.05, 0) is 55.6 Å². The lowest BCUT2D eigenvalue weighted by Crippen LogP contribution is -2.36. The molecular weight excluding hydrogens is 234 g/mol. The second-order valence-corrected chi connectivity index (χ2v) is 6.29. The molecule has 1 fully saturated rings. The lowest BCUT2D eigenvalue weighted by atomic mass is 9.73. The largest absolute Gasteiger partial charge is 0.494 e. The quantitative estimate of drug-likeness (QED) is 0.873. The molecule has 0 amide bonds. The van der Waals surface area contributed by atoms with Crippen LogP contribution < -0.4 is 10.5 Å². The molecule has 0 bridgehead atoms. The van der Waals surface area contributed by atoms with Gasteiger partial charge < -0.3 is 10.5 Å². The third-order valence-electron chi connectivity index (χ3n) is 4.28. The first-order chi connectivity index (χ1) is 9.15. The SMILES string of the molecule is CC1CC(C)CC(C(N)CCOc2ccccc2)C1. The van der Waals surface area contributed by atoms with Gasteiger partial charge in [0.15, 0.2) is 0 Å². The van der Waals surface area contributed by atoms with E-state index in [1.54, 1.807) is 0 Å². The molecule has 0 saturated heterocycles. The average Bonchev–Trinajstić information content (AvgIpc) is 2.38. The minimum absolute atomic E-state index is 0.286. The van der Waals surface area contributed by atoms with Crippen molar-refractivity contribution in [2.75, 3.05) is 6.61 Å². The Kier molecular flexibility index (Phi) is 5.26. The standard InChI is InChI=1S/C17H27NO/c1-13-10-14(2)12-15(11-13)17(18)8-9-19-16-6-4-3-5-7-16/h3-7,13-15,17H,8-12,18H2,1-2H3. The van der Waals surface area contributed by atoms with Gasteiger partial charge in [-0.2, -0.15) is 0 Å². The molecule has 0 radical (unpaired) electrons. The summed E-state index contributed by atoms with van der Waals surface area (Å²) in [4.78, 5) is 0. The molecule has 2 nitrogen and oxygen atoms in total. The number of para-hydroxylation sites is 1. The van der Waals surface area contributed by atoms with E-state index in [0.717, 1.165) is 30.6 Å². The molecule has 0 heterocycles. The van der Waals surface area contributed by atoms with Gasteiger partial charge >= 0.3 is 0 Å². The van der Waals surface area contributed by atoms with Gasteiger partial charge in [-0.3, -0.25) is 0 Å². The Balaban J connectivity index is 1.73. The molecule has 1 saturated carbocycles. The maximum absolute atomic E-state index is 6.36. The molecule has 3 atom stereocenters. The summed E-state index contributed by atoms with van der Waals surface area (Å²) in [6.45, 7) is 5.44. The van der Waals surface area contributed by atoms with Gasteiger partial charge in [-0.25, -0.2) is 0 Å². The fraction of sp³-hybridized carbons (Fsp3) is 0.647. The fourth-order valence-corrected chi connectivity index (χ4v) is 3.42. The zero-order valence-corrected chi connectivity index (χ0v) is 12.2. The van der Waals surface area contributed by atoms with Crippen LogP contribution in [0.1, 0.15) is 39.5 Å². The molecule has 1 aromatic rings. The van der Waals surface area contributed by atoms with Crippen LogP contribution in [0.25, 0.3) is 0 Å². The monoisotopic (exact) mass is 261 g/mol. The van der Waals surface area contributed by atoms with Crippen LogP contribution in [0.4, 0.5) is 0 Å². The molecule has 106 valence electrons. The highest BCUT2D eigenvalue weighted by atomic mass is 16.5. The van der Waals surface area contributed by atoms with Gasteiger partial charge in [-0.1, -0.05) is 32.0 Å². The summed E-state index contributed by atoms with van der Waals surface area (Å²) in [5.41, 5.74) is 6.36. The highest BCUT2D eigenvalue weighted by molar-refractivity contribution is 5.20. The number of rotatable bonds is 5. The molecule has 2 rings (SSSR count). The Bertz CT molecular complexity index is 355. The summed E-state index contributed by atoms with van der Waals surface area (Å²) in [5.74, 6) is 3.28. The highest BCUT2D eigenvalue weighted by Gasteiger charge is 2.27. The predicted octanol–water partition coefficient (Wildman–Crippen LogP) is 3.86. The van der Waals surface area contributed by atoms with Crippen LogP contribution in [-0.4, -0.2) is 12.6 Å². The van der Waals surface area contributed by atoms with E-state index in [4.69, 9.17) is 10.5 Å². The first-order valence-corrected chi connectivity index (χ1v) is 7.58. The van der Waals surface area contributed by atoms with Crippen molar-refractivity contribution in [3.63, 3.8) is 0 Å². The topological polar surface area (TPSA) is 35.2 Å². The van der Waals surface area contributed by atoms with E-state index in [-0.39, 0.29) is 6.04 Å². The maximum atomic E-state index is 6.36. The van der Waals surface area contributed by atoms with Crippen LogP contribution in [0, 0.1) is 17.8 Å². The summed E-state index contributed by atoms with van der Waals surface area (Å²) >= 11 is 0. The molecule has 1 aliphatic rings. The van der Waals surface area contributed by atoms with Crippen molar-refractivity contribution in [3.8, 4) is 5.75 Å². The fourth-order valence-electron chi connectivity index (χ4n) is 3.42. The number of hydrogen-bond acceptors (Lipinski definition) is 2. The Hall–Kier alpha value is -1.02. The average molecular weight is 261 g/mol. The zero-order valence-electron chi connectivity index (χ0n) is 12.2. The first kappa shape index (κ1) is 14.4. The van der Waals surface area contributed by atoms with Crippen LogP contribution in [0.2, 0.25) is 0 Å². The third kappa shape index (κ3) is 4.54. The third-order valence-corrected chi connectivity index (χ3v) is 4.28. The second kappa shape index (κ2) is 6.95. The molecule has 3 unspecified atom stereocenters. The first-order valence-electron chi connectivity index (χ1n) is 7.58. The van der Waals surface area contributed by atoms with Crippen molar-refractivity contribution in [2.24, 2.45) is 23.5 Å². The van der Waals surface area contributed by atoms with Gasteiger partial charge in [0, 0.05) is 6.04 Å². The van der Waals surface area contributed by atoms with Crippen LogP contribution in [0.5, 0.6) is 5.75 Å². The lowest BCUT2D eigenvalue weighted by molar-refractivity contribution is 0.175. The molecule has 0 aliphatic heterocycles. The van der Waals surface area contributed by atoms with Gasteiger partial charge in [0.25, 0.3) is 0 Å². The van der Waals surface area contributed by atoms with Crippen molar-refractivity contribution < 1.29 is 4.74 Å². The normalized spacial score (nSPS) is 28.9. The molecule has 0 aromatic heterocycles. The lowest BCUT2D eigenvalue weighted by Gasteiger charge is -2.35. The van der Waals surface area contributed by atoms with E-state index >= 15 is 0 Å². The summed E-state index contributed by atoms with van der Waals surface area (Å²) in [5, 5.41) is 0. The Morgan fingerprint density at radius 3 is 2.37 bits per heavy atom. The van der Waals surface area contributed by atoms with E-state index in [2.05, 4.69) is 13.8 Å². The van der Waals surface area contributed by atoms with E-state index < -0.39 is 0 Å². The zero-order chi connectivity index (χ0) is 13.7. The van der Waals surface area contributed by atoms with E-state index in [1.807, 2.05) is 30.3 Å². The summed E-state index contributed by atoms with van der Waals surface area (Å²) in [6.07, 6.45) is 4.90. The van der Waals surface area contributed by atoms with Gasteiger partial charge in [0.2, 0.25) is 0 Å². The van der Waals surface area contributed by atoms with Crippen LogP contribution >= 0.6 is 0 Å². The minimum Gasteiger partial charge on any atom is -0.494 e.